The minimum atomic E-state index is -4.40. The number of alkyl halides is 3. The van der Waals surface area contributed by atoms with E-state index in [4.69, 9.17) is 0 Å². The fourth-order valence-electron chi connectivity index (χ4n) is 0.678. The molecule has 2 nitrogen and oxygen atoms in total. The fraction of sp³-hybridized carbons (Fsp3) is 0.556. The summed E-state index contributed by atoms with van der Waals surface area (Å²) in [5.74, 6) is 0. The monoisotopic (exact) mass is 206 g/mol. The zero-order valence-electron chi connectivity index (χ0n) is 8.61. The fourth-order valence-corrected chi connectivity index (χ4v) is 0.678. The van der Waals surface area contributed by atoms with Crippen molar-refractivity contribution in [3.05, 3.63) is 23.3 Å². The van der Waals surface area contributed by atoms with Crippen LogP contribution in [0.1, 0.15) is 30.9 Å². The van der Waals surface area contributed by atoms with Gasteiger partial charge in [0, 0.05) is 0 Å². The molecule has 0 amide bonds. The molecule has 80 valence electrons. The summed E-state index contributed by atoms with van der Waals surface area (Å²) in [6, 6.07) is 0. The van der Waals surface area contributed by atoms with Crippen molar-refractivity contribution in [3.63, 3.8) is 0 Å². The molecule has 0 aliphatic heterocycles. The molecular formula is C9H13F3N2. The van der Waals surface area contributed by atoms with Gasteiger partial charge in [0.25, 0.3) is 0 Å². The first-order valence-corrected chi connectivity index (χ1v) is 4.28. The smallest absolute Gasteiger partial charge is 0.257 e. The molecule has 0 unspecified atom stereocenters. The summed E-state index contributed by atoms with van der Waals surface area (Å²) in [5, 5.41) is 0. The number of hydrogen-bond donors (Lipinski definition) is 0. The van der Waals surface area contributed by atoms with Gasteiger partial charge in [-0.3, -0.25) is 4.98 Å². The van der Waals surface area contributed by atoms with Gasteiger partial charge in [-0.2, -0.15) is 13.2 Å². The highest BCUT2D eigenvalue weighted by atomic mass is 19.4. The summed E-state index contributed by atoms with van der Waals surface area (Å²) in [6.07, 6.45) is -3.66. The van der Waals surface area contributed by atoms with E-state index in [0.717, 1.165) is 6.20 Å². The van der Waals surface area contributed by atoms with E-state index in [1.807, 2.05) is 13.8 Å². The van der Waals surface area contributed by atoms with Gasteiger partial charge in [0.1, 0.15) is 0 Å². The maximum atomic E-state index is 12.0. The Morgan fingerprint density at radius 3 is 1.93 bits per heavy atom. The van der Waals surface area contributed by atoms with E-state index in [2.05, 4.69) is 9.97 Å². The topological polar surface area (TPSA) is 25.8 Å². The van der Waals surface area contributed by atoms with E-state index in [1.54, 1.807) is 6.92 Å². The van der Waals surface area contributed by atoms with Crippen LogP contribution in [0.3, 0.4) is 0 Å². The Labute approximate surface area is 81.2 Å². The molecule has 14 heavy (non-hydrogen) atoms. The maximum absolute atomic E-state index is 12.0. The third-order valence-corrected chi connectivity index (χ3v) is 1.48. The molecule has 1 aromatic heterocycles. The standard InChI is InChI=1S/C7H7F3N2.C2H6/c1-4-5(2)12-6(3-11-4)7(8,9)10;1-2/h3H,1-2H3;1-2H3. The van der Waals surface area contributed by atoms with Crippen molar-refractivity contribution in [1.82, 2.24) is 9.97 Å². The van der Waals surface area contributed by atoms with Gasteiger partial charge in [0.05, 0.1) is 17.6 Å². The molecule has 0 fully saturated rings. The first kappa shape index (κ1) is 12.9. The number of hydrogen-bond acceptors (Lipinski definition) is 2. The molecule has 0 atom stereocenters. The van der Waals surface area contributed by atoms with Crippen molar-refractivity contribution in [2.24, 2.45) is 0 Å². The number of rotatable bonds is 0. The van der Waals surface area contributed by atoms with E-state index >= 15 is 0 Å². The van der Waals surface area contributed by atoms with Crippen LogP contribution in [-0.4, -0.2) is 9.97 Å². The number of aromatic nitrogens is 2. The van der Waals surface area contributed by atoms with Crippen LogP contribution < -0.4 is 0 Å². The van der Waals surface area contributed by atoms with Crippen LogP contribution in [0.5, 0.6) is 0 Å². The Kier molecular flexibility index (Phi) is 4.53. The number of aryl methyl sites for hydroxylation is 2. The second-order valence-corrected chi connectivity index (χ2v) is 2.42. The molecule has 0 aliphatic rings. The van der Waals surface area contributed by atoms with Gasteiger partial charge in [-0.1, -0.05) is 13.8 Å². The lowest BCUT2D eigenvalue weighted by atomic mass is 10.3. The zero-order chi connectivity index (χ0) is 11.4. The van der Waals surface area contributed by atoms with E-state index < -0.39 is 11.9 Å². The lowest BCUT2D eigenvalue weighted by Crippen LogP contribution is -2.10. The minimum Gasteiger partial charge on any atom is -0.257 e. The van der Waals surface area contributed by atoms with Gasteiger partial charge >= 0.3 is 6.18 Å². The molecule has 5 heteroatoms. The molecule has 0 bridgehead atoms. The lowest BCUT2D eigenvalue weighted by Gasteiger charge is -2.06. The van der Waals surface area contributed by atoms with Crippen molar-refractivity contribution in [1.29, 1.82) is 0 Å². The average molecular weight is 206 g/mol. The lowest BCUT2D eigenvalue weighted by molar-refractivity contribution is -0.141. The Morgan fingerprint density at radius 1 is 1.07 bits per heavy atom. The van der Waals surface area contributed by atoms with E-state index in [-0.39, 0.29) is 0 Å². The second-order valence-electron chi connectivity index (χ2n) is 2.42. The average Bonchev–Trinajstić information content (AvgIpc) is 2.11. The summed E-state index contributed by atoms with van der Waals surface area (Å²) in [4.78, 5) is 6.92. The molecule has 0 aliphatic carbocycles. The van der Waals surface area contributed by atoms with Crippen LogP contribution in [0.15, 0.2) is 6.20 Å². The Bertz CT molecular complexity index is 295. The molecule has 1 aromatic rings. The van der Waals surface area contributed by atoms with Crippen molar-refractivity contribution < 1.29 is 13.2 Å². The van der Waals surface area contributed by atoms with E-state index in [0.29, 0.717) is 11.4 Å². The Balaban J connectivity index is 0.000000791. The molecule has 0 radical (unpaired) electrons. The van der Waals surface area contributed by atoms with Crippen LogP contribution in [-0.2, 0) is 6.18 Å². The summed E-state index contributed by atoms with van der Waals surface area (Å²) in [6.45, 7) is 7.11. The van der Waals surface area contributed by atoms with Crippen molar-refractivity contribution in [2.75, 3.05) is 0 Å². The second kappa shape index (κ2) is 4.93. The maximum Gasteiger partial charge on any atom is 0.434 e. The largest absolute Gasteiger partial charge is 0.434 e. The number of halogens is 3. The quantitative estimate of drug-likeness (QED) is 0.651. The van der Waals surface area contributed by atoms with Crippen LogP contribution in [0, 0.1) is 13.8 Å². The molecule has 0 N–H and O–H groups in total. The van der Waals surface area contributed by atoms with Crippen LogP contribution in [0.25, 0.3) is 0 Å². The van der Waals surface area contributed by atoms with Gasteiger partial charge in [-0.05, 0) is 13.8 Å². The molecule has 1 heterocycles. The minimum absolute atomic E-state index is 0.310. The van der Waals surface area contributed by atoms with Gasteiger partial charge in [-0.25, -0.2) is 4.98 Å². The van der Waals surface area contributed by atoms with Gasteiger partial charge in [0.2, 0.25) is 0 Å². The molecule has 0 aromatic carbocycles. The van der Waals surface area contributed by atoms with Crippen LogP contribution in [0.2, 0.25) is 0 Å². The first-order valence-electron chi connectivity index (χ1n) is 4.28. The summed E-state index contributed by atoms with van der Waals surface area (Å²) in [5.41, 5.74) is -0.113. The van der Waals surface area contributed by atoms with Crippen molar-refractivity contribution >= 4 is 0 Å². The normalized spacial score (nSPS) is 10.5. The highest BCUT2D eigenvalue weighted by Gasteiger charge is 2.33. The molecule has 0 spiro atoms. The zero-order valence-corrected chi connectivity index (χ0v) is 8.61. The Hall–Kier alpha value is -1.13. The first-order chi connectivity index (χ1) is 6.41. The molecule has 0 saturated carbocycles. The van der Waals surface area contributed by atoms with E-state index in [9.17, 15) is 13.2 Å². The summed E-state index contributed by atoms with van der Waals surface area (Å²) in [7, 11) is 0. The predicted octanol–water partition coefficient (Wildman–Crippen LogP) is 3.14. The summed E-state index contributed by atoms with van der Waals surface area (Å²) >= 11 is 0. The predicted molar refractivity (Wildman–Crippen MR) is 47.9 cm³/mol. The Morgan fingerprint density at radius 2 is 1.57 bits per heavy atom. The molecule has 0 saturated heterocycles. The molecular weight excluding hydrogens is 193 g/mol. The number of nitrogens with zero attached hydrogens (tertiary/aromatic N) is 2. The SMILES string of the molecule is CC.Cc1ncc(C(F)(F)F)nc1C. The van der Waals surface area contributed by atoms with E-state index in [1.165, 1.54) is 6.92 Å². The van der Waals surface area contributed by atoms with Crippen molar-refractivity contribution in [3.8, 4) is 0 Å². The van der Waals surface area contributed by atoms with Crippen LogP contribution in [0.4, 0.5) is 13.2 Å². The van der Waals surface area contributed by atoms with Crippen molar-refractivity contribution in [2.45, 2.75) is 33.9 Å². The third-order valence-electron chi connectivity index (χ3n) is 1.48. The summed E-state index contributed by atoms with van der Waals surface area (Å²) < 4.78 is 36.0. The van der Waals surface area contributed by atoms with Gasteiger partial charge in [-0.15, -0.1) is 0 Å². The molecule has 1 rings (SSSR count). The third kappa shape index (κ3) is 3.32. The van der Waals surface area contributed by atoms with Gasteiger partial charge in [0.15, 0.2) is 5.69 Å². The highest BCUT2D eigenvalue weighted by Crippen LogP contribution is 2.26. The highest BCUT2D eigenvalue weighted by molar-refractivity contribution is 5.12. The van der Waals surface area contributed by atoms with Gasteiger partial charge < -0.3 is 0 Å². The van der Waals surface area contributed by atoms with Crippen LogP contribution >= 0.6 is 0 Å².